The lowest BCUT2D eigenvalue weighted by molar-refractivity contribution is -0.149. The summed E-state index contributed by atoms with van der Waals surface area (Å²) in [5.74, 6) is -0.268. The summed E-state index contributed by atoms with van der Waals surface area (Å²) in [6.07, 6.45) is 4.03. The molecular weight excluding hydrogens is 588 g/mol. The van der Waals surface area contributed by atoms with E-state index in [0.29, 0.717) is 19.5 Å². The van der Waals surface area contributed by atoms with Crippen LogP contribution in [0.15, 0.2) is 48.5 Å². The molecule has 1 unspecified atom stereocenters. The van der Waals surface area contributed by atoms with Gasteiger partial charge in [-0.25, -0.2) is 4.79 Å². The molecular formula is C30H48B2ClN2O7P. The van der Waals surface area contributed by atoms with Gasteiger partial charge in [0.25, 0.3) is 0 Å². The Bertz CT molecular complexity index is 954. The van der Waals surface area contributed by atoms with E-state index in [9.17, 15) is 14.4 Å². The predicted octanol–water partition coefficient (Wildman–Crippen LogP) is 3.15. The van der Waals surface area contributed by atoms with Gasteiger partial charge in [0.05, 0.1) is 15.4 Å². The lowest BCUT2D eigenvalue weighted by atomic mass is 10.0. The van der Waals surface area contributed by atoms with Crippen LogP contribution in [-0.2, 0) is 59.2 Å². The van der Waals surface area contributed by atoms with E-state index < -0.39 is 5.24 Å². The average molecular weight is 637 g/mol. The number of hydrogen-bond donors (Lipinski definition) is 2. The first-order valence-electron chi connectivity index (χ1n) is 13.6. The van der Waals surface area contributed by atoms with Crippen molar-refractivity contribution in [2.24, 2.45) is 11.5 Å². The number of ketones is 1. The zero-order valence-electron chi connectivity index (χ0n) is 26.0. The van der Waals surface area contributed by atoms with E-state index >= 15 is 0 Å². The fourth-order valence-electron chi connectivity index (χ4n) is 3.31. The molecule has 4 N–H and O–H groups in total. The van der Waals surface area contributed by atoms with E-state index in [1.165, 1.54) is 39.3 Å². The van der Waals surface area contributed by atoms with Gasteiger partial charge in [-0.05, 0) is 72.6 Å². The molecule has 43 heavy (non-hydrogen) atoms. The molecule has 0 aliphatic heterocycles. The Labute approximate surface area is 268 Å². The zero-order chi connectivity index (χ0) is 33.3. The highest BCUT2D eigenvalue weighted by Crippen LogP contribution is 2.10. The molecule has 0 saturated carbocycles. The van der Waals surface area contributed by atoms with E-state index in [4.69, 9.17) is 37.3 Å². The Morgan fingerprint density at radius 2 is 1.19 bits per heavy atom. The highest BCUT2D eigenvalue weighted by molar-refractivity contribution is 7.49. The number of ether oxygens (including phenoxy) is 4. The summed E-state index contributed by atoms with van der Waals surface area (Å²) < 4.78 is 18.9. The van der Waals surface area contributed by atoms with Crippen molar-refractivity contribution < 1.29 is 33.3 Å². The summed E-state index contributed by atoms with van der Waals surface area (Å²) in [6.45, 7) is 3.30. The van der Waals surface area contributed by atoms with Crippen molar-refractivity contribution in [3.05, 3.63) is 70.8 Å². The van der Waals surface area contributed by atoms with Crippen molar-refractivity contribution in [2.75, 3.05) is 54.2 Å². The van der Waals surface area contributed by atoms with Gasteiger partial charge in [-0.3, -0.25) is 9.59 Å². The van der Waals surface area contributed by atoms with Gasteiger partial charge in [0.2, 0.25) is 5.24 Å². The fourth-order valence-corrected chi connectivity index (χ4v) is 3.42. The van der Waals surface area contributed by atoms with Crippen LogP contribution in [0.1, 0.15) is 35.1 Å². The highest BCUT2D eigenvalue weighted by Gasteiger charge is 2.04. The number of esters is 1. The molecule has 9 nitrogen and oxygen atoms in total. The number of Topliss-reactive ketones (excluding diaryl/α,β-unsaturated/α-hetero) is 1. The number of nitrogens with two attached hydrogens (primary N) is 2. The van der Waals surface area contributed by atoms with Gasteiger partial charge in [0, 0.05) is 27.8 Å². The molecule has 0 aromatic heterocycles. The molecule has 0 bridgehead atoms. The minimum Gasteiger partial charge on any atom is -0.459 e. The van der Waals surface area contributed by atoms with Gasteiger partial charge in [-0.1, -0.05) is 55.4 Å². The smallest absolute Gasteiger partial charge is 0.332 e. The number of carbonyl (C=O) groups excluding carboxylic acids is 3. The van der Waals surface area contributed by atoms with Gasteiger partial charge < -0.3 is 30.4 Å². The predicted molar refractivity (Wildman–Crippen MR) is 180 cm³/mol. The van der Waals surface area contributed by atoms with Gasteiger partial charge >= 0.3 is 5.97 Å². The van der Waals surface area contributed by atoms with Crippen LogP contribution in [0.25, 0.3) is 0 Å². The van der Waals surface area contributed by atoms with Crippen LogP contribution in [0.5, 0.6) is 0 Å². The number of hydrogen-bond acceptors (Lipinski definition) is 9. The van der Waals surface area contributed by atoms with Crippen LogP contribution in [0.2, 0.25) is 6.82 Å². The third kappa shape index (κ3) is 29.7. The molecule has 0 aliphatic carbocycles. The van der Waals surface area contributed by atoms with Crippen LogP contribution >= 0.6 is 20.7 Å². The first kappa shape index (κ1) is 45.3. The third-order valence-electron chi connectivity index (χ3n) is 5.00. The maximum Gasteiger partial charge on any atom is 0.332 e. The molecule has 0 fully saturated rings. The minimum absolute atomic E-state index is 0.00154. The van der Waals surface area contributed by atoms with Crippen molar-refractivity contribution >= 4 is 53.1 Å². The number of benzene rings is 2. The first-order chi connectivity index (χ1) is 20.8. The summed E-state index contributed by atoms with van der Waals surface area (Å²) in [5.41, 5.74) is 15.6. The molecule has 2 aromatic rings. The van der Waals surface area contributed by atoms with Gasteiger partial charge in [0.1, 0.15) is 26.4 Å². The molecule has 2 rings (SSSR count). The third-order valence-corrected chi connectivity index (χ3v) is 5.10. The van der Waals surface area contributed by atoms with Crippen LogP contribution < -0.4 is 11.5 Å². The molecule has 0 amide bonds. The monoisotopic (exact) mass is 636 g/mol. The number of aryl methyl sites for hydroxylation is 1. The summed E-state index contributed by atoms with van der Waals surface area (Å²) >= 11 is 4.81. The molecule has 1 atom stereocenters. The van der Waals surface area contributed by atoms with Crippen molar-refractivity contribution in [2.45, 2.75) is 45.5 Å². The van der Waals surface area contributed by atoms with Gasteiger partial charge in [-0.15, -0.1) is 0 Å². The van der Waals surface area contributed by atoms with Crippen LogP contribution in [0.4, 0.5) is 0 Å². The molecule has 4 radical (unpaired) electrons. The Morgan fingerprint density at radius 1 is 0.744 bits per heavy atom. The largest absolute Gasteiger partial charge is 0.459 e. The Morgan fingerprint density at radius 3 is 1.60 bits per heavy atom. The second-order valence-electron chi connectivity index (χ2n) is 8.42. The van der Waals surface area contributed by atoms with Crippen molar-refractivity contribution in [3.8, 4) is 0 Å². The maximum atomic E-state index is 11.3. The SMILES string of the molecule is COCC(=O)CCCc1cccc(COC(=O)COC)c1.COCC(=O)Cl.NCCc1cccc(CCN)c1.[B]C.[B]P. The van der Waals surface area contributed by atoms with Crippen molar-refractivity contribution in [3.63, 3.8) is 0 Å². The summed E-state index contributed by atoms with van der Waals surface area (Å²) in [4.78, 5) is 32.2. The van der Waals surface area contributed by atoms with Crippen molar-refractivity contribution in [1.82, 2.24) is 0 Å². The molecule has 13 heteroatoms. The van der Waals surface area contributed by atoms with E-state index in [2.05, 4.69) is 44.4 Å². The average Bonchev–Trinajstić information content (AvgIpc) is 3.00. The second-order valence-corrected chi connectivity index (χ2v) is 8.85. The Kier molecular flexibility index (Phi) is 36.3. The van der Waals surface area contributed by atoms with E-state index in [-0.39, 0.29) is 38.2 Å². The Hall–Kier alpha value is -2.10. The molecule has 238 valence electrons. The molecule has 0 spiro atoms. The van der Waals surface area contributed by atoms with E-state index in [1.54, 1.807) is 0 Å². The fraction of sp³-hybridized carbons (Fsp3) is 0.500. The standard InChI is InChI=1S/C16H22O5.C10H16N2.C3H5ClO2.CH3B.BH2P/c1-19-11-15(17)8-4-6-13-5-3-7-14(9-13)10-21-16(18)12-20-2;11-6-4-9-2-1-3-10(8-9)5-7-12;1-6-2-3(4)5;2*1-2/h3,5,7,9H,4,6,8,10-12H2,1-2H3;1-3,8H,4-7,11-12H2;2H2,1H3;1H3;2H2. The molecule has 2 aromatic carbocycles. The summed E-state index contributed by atoms with van der Waals surface area (Å²) in [7, 11) is 15.2. The molecule has 0 aliphatic rings. The summed E-state index contributed by atoms with van der Waals surface area (Å²) in [6, 6.07) is 16.3. The van der Waals surface area contributed by atoms with E-state index in [1.807, 2.05) is 33.4 Å². The molecule has 0 heterocycles. The Balaban J connectivity index is -0.000000610. The van der Waals surface area contributed by atoms with Crippen LogP contribution in [0, 0.1) is 0 Å². The second kappa shape index (κ2) is 34.4. The highest BCUT2D eigenvalue weighted by atomic mass is 35.5. The van der Waals surface area contributed by atoms with Crippen LogP contribution in [-0.4, -0.2) is 86.6 Å². The zero-order valence-corrected chi connectivity index (χ0v) is 27.9. The lowest BCUT2D eigenvalue weighted by Crippen LogP contribution is -2.11. The minimum atomic E-state index is -0.461. The molecule has 0 saturated heterocycles. The van der Waals surface area contributed by atoms with Gasteiger partial charge in [0.15, 0.2) is 5.78 Å². The van der Waals surface area contributed by atoms with Crippen LogP contribution in [0.3, 0.4) is 0 Å². The van der Waals surface area contributed by atoms with E-state index in [0.717, 1.165) is 36.8 Å². The maximum absolute atomic E-state index is 11.3. The lowest BCUT2D eigenvalue weighted by Gasteiger charge is -2.07. The van der Waals surface area contributed by atoms with Gasteiger partial charge in [-0.2, -0.15) is 9.12 Å². The number of carbonyl (C=O) groups is 3. The quantitative estimate of drug-likeness (QED) is 0.123. The summed E-state index contributed by atoms with van der Waals surface area (Å²) in [5, 5.41) is -0.461. The van der Waals surface area contributed by atoms with Crippen molar-refractivity contribution in [1.29, 1.82) is 0 Å². The number of halogens is 1. The topological polar surface area (TPSA) is 140 Å². The number of rotatable bonds is 16. The first-order valence-corrected chi connectivity index (χ1v) is 14.6. The normalized spacial score (nSPS) is 9.30. The number of methoxy groups -OCH3 is 3.